The number of nitrogens with one attached hydrogen (secondary N) is 1. The molecule has 1 fully saturated rings. The van der Waals surface area contributed by atoms with Crippen molar-refractivity contribution in [2.45, 2.75) is 0 Å². The van der Waals surface area contributed by atoms with Crippen LogP contribution >= 0.6 is 0 Å². The number of nitrogens with zero attached hydrogens (tertiary/aromatic N) is 4. The Balaban J connectivity index is 1.81. The third-order valence-corrected chi connectivity index (χ3v) is 4.77. The van der Waals surface area contributed by atoms with E-state index in [4.69, 9.17) is 20.4 Å². The van der Waals surface area contributed by atoms with Crippen molar-refractivity contribution in [1.29, 1.82) is 0 Å². The highest BCUT2D eigenvalue weighted by Crippen LogP contribution is 2.27. The second kappa shape index (κ2) is 8.24. The molecule has 29 heavy (non-hydrogen) atoms. The molecular formula is C21H22N6O2. The number of carbonyl (C=O) groups excluding carboxylic acids is 1. The van der Waals surface area contributed by atoms with E-state index in [9.17, 15) is 4.79 Å². The predicted octanol–water partition coefficient (Wildman–Crippen LogP) is 2.18. The summed E-state index contributed by atoms with van der Waals surface area (Å²) in [5, 5.41) is 3.01. The second-order valence-electron chi connectivity index (χ2n) is 6.67. The van der Waals surface area contributed by atoms with Crippen LogP contribution < -0.4 is 16.0 Å². The van der Waals surface area contributed by atoms with Crippen molar-refractivity contribution in [2.24, 2.45) is 5.73 Å². The molecule has 8 heteroatoms. The Kier molecular flexibility index (Phi) is 5.35. The number of amides is 1. The van der Waals surface area contributed by atoms with Gasteiger partial charge in [-0.3, -0.25) is 4.79 Å². The Hall–Kier alpha value is -3.52. The van der Waals surface area contributed by atoms with E-state index in [-0.39, 0.29) is 0 Å². The van der Waals surface area contributed by atoms with Crippen molar-refractivity contribution in [3.63, 3.8) is 0 Å². The van der Waals surface area contributed by atoms with Crippen LogP contribution in [0.1, 0.15) is 10.4 Å². The highest BCUT2D eigenvalue weighted by molar-refractivity contribution is 5.94. The lowest BCUT2D eigenvalue weighted by Gasteiger charge is -2.27. The molecule has 3 aromatic rings. The van der Waals surface area contributed by atoms with Crippen molar-refractivity contribution < 1.29 is 9.53 Å². The van der Waals surface area contributed by atoms with Gasteiger partial charge in [-0.05, 0) is 30.3 Å². The van der Waals surface area contributed by atoms with E-state index in [0.29, 0.717) is 24.7 Å². The minimum atomic E-state index is -0.471. The molecule has 3 heterocycles. The van der Waals surface area contributed by atoms with Gasteiger partial charge in [0.15, 0.2) is 0 Å². The van der Waals surface area contributed by atoms with Crippen LogP contribution in [0.4, 0.5) is 11.8 Å². The van der Waals surface area contributed by atoms with Gasteiger partial charge in [0.05, 0.1) is 24.6 Å². The number of ether oxygens (including phenoxy) is 1. The number of carbonyl (C=O) groups is 1. The number of rotatable bonds is 5. The molecule has 1 aliphatic heterocycles. The van der Waals surface area contributed by atoms with E-state index in [0.717, 1.165) is 41.4 Å². The van der Waals surface area contributed by atoms with E-state index < -0.39 is 5.91 Å². The first-order valence-electron chi connectivity index (χ1n) is 9.40. The van der Waals surface area contributed by atoms with Gasteiger partial charge in [-0.2, -0.15) is 0 Å². The predicted molar refractivity (Wildman–Crippen MR) is 112 cm³/mol. The van der Waals surface area contributed by atoms with Gasteiger partial charge in [0.25, 0.3) is 0 Å². The van der Waals surface area contributed by atoms with Crippen molar-refractivity contribution in [2.75, 3.05) is 43.6 Å². The third kappa shape index (κ3) is 4.17. The van der Waals surface area contributed by atoms with Gasteiger partial charge in [-0.25, -0.2) is 15.0 Å². The Morgan fingerprint density at radius 3 is 2.48 bits per heavy atom. The number of hydrogen-bond acceptors (Lipinski definition) is 7. The molecule has 0 aliphatic carbocycles. The molecule has 0 unspecified atom stereocenters. The number of primary amides is 1. The fourth-order valence-electron chi connectivity index (χ4n) is 3.16. The van der Waals surface area contributed by atoms with Gasteiger partial charge in [-0.1, -0.05) is 12.1 Å². The van der Waals surface area contributed by atoms with Crippen molar-refractivity contribution in [1.82, 2.24) is 15.0 Å². The third-order valence-electron chi connectivity index (χ3n) is 4.77. The van der Waals surface area contributed by atoms with Crippen LogP contribution in [0.3, 0.4) is 0 Å². The van der Waals surface area contributed by atoms with Crippen LogP contribution in [0.25, 0.3) is 22.5 Å². The standard InChI is InChI=1S/C21H22N6O2/c1-23-19-6-5-16(13-24-19)18-12-17(14-3-2-4-15(11-14)20(22)28)25-21(26-18)27-7-9-29-10-8-27/h2-6,11-13H,7-10H2,1H3,(H2,22,28)(H,23,24). The molecule has 148 valence electrons. The van der Waals surface area contributed by atoms with Gasteiger partial charge >= 0.3 is 0 Å². The molecule has 1 aromatic carbocycles. The maximum Gasteiger partial charge on any atom is 0.248 e. The van der Waals surface area contributed by atoms with Gasteiger partial charge in [0.2, 0.25) is 11.9 Å². The van der Waals surface area contributed by atoms with E-state index in [1.165, 1.54) is 0 Å². The van der Waals surface area contributed by atoms with E-state index in [1.54, 1.807) is 24.4 Å². The van der Waals surface area contributed by atoms with E-state index in [2.05, 4.69) is 15.2 Å². The van der Waals surface area contributed by atoms with Crippen LogP contribution in [0.2, 0.25) is 0 Å². The number of benzene rings is 1. The molecule has 0 saturated carbocycles. The number of pyridine rings is 1. The fourth-order valence-corrected chi connectivity index (χ4v) is 3.16. The monoisotopic (exact) mass is 390 g/mol. The normalized spacial score (nSPS) is 13.9. The summed E-state index contributed by atoms with van der Waals surface area (Å²) in [5.41, 5.74) is 9.06. The van der Waals surface area contributed by atoms with Crippen LogP contribution in [0.5, 0.6) is 0 Å². The highest BCUT2D eigenvalue weighted by atomic mass is 16.5. The van der Waals surface area contributed by atoms with Crippen LogP contribution in [-0.4, -0.2) is 54.2 Å². The van der Waals surface area contributed by atoms with Gasteiger partial charge < -0.3 is 20.7 Å². The van der Waals surface area contributed by atoms with Gasteiger partial charge in [0, 0.05) is 43.0 Å². The van der Waals surface area contributed by atoms with Crippen LogP contribution in [0, 0.1) is 0 Å². The lowest BCUT2D eigenvalue weighted by Crippen LogP contribution is -2.37. The minimum Gasteiger partial charge on any atom is -0.378 e. The average molecular weight is 390 g/mol. The van der Waals surface area contributed by atoms with E-state index >= 15 is 0 Å². The molecule has 0 spiro atoms. The summed E-state index contributed by atoms with van der Waals surface area (Å²) in [6, 6.07) is 12.9. The first kappa shape index (κ1) is 18.8. The first-order valence-corrected chi connectivity index (χ1v) is 9.40. The molecule has 3 N–H and O–H groups in total. The lowest BCUT2D eigenvalue weighted by molar-refractivity contribution is 0.100. The number of nitrogens with two attached hydrogens (primary N) is 1. The van der Waals surface area contributed by atoms with Gasteiger partial charge in [0.1, 0.15) is 5.82 Å². The quantitative estimate of drug-likeness (QED) is 0.688. The molecule has 4 rings (SSSR count). The van der Waals surface area contributed by atoms with Crippen LogP contribution in [-0.2, 0) is 4.74 Å². The first-order chi connectivity index (χ1) is 14.1. The zero-order valence-electron chi connectivity index (χ0n) is 16.1. The molecule has 8 nitrogen and oxygen atoms in total. The number of morpholine rings is 1. The Bertz CT molecular complexity index is 1020. The van der Waals surface area contributed by atoms with Crippen molar-refractivity contribution in [3.8, 4) is 22.5 Å². The molecule has 1 amide bonds. The van der Waals surface area contributed by atoms with Crippen molar-refractivity contribution >= 4 is 17.7 Å². The topological polar surface area (TPSA) is 106 Å². The Morgan fingerprint density at radius 2 is 1.83 bits per heavy atom. The molecule has 1 saturated heterocycles. The summed E-state index contributed by atoms with van der Waals surface area (Å²) in [4.78, 5) is 27.6. The summed E-state index contributed by atoms with van der Waals surface area (Å²) >= 11 is 0. The number of aromatic nitrogens is 3. The largest absolute Gasteiger partial charge is 0.378 e. The SMILES string of the molecule is CNc1ccc(-c2cc(-c3cccc(C(N)=O)c3)nc(N3CCOCC3)n2)cn1. The fraction of sp³-hybridized carbons (Fsp3) is 0.238. The van der Waals surface area contributed by atoms with Crippen molar-refractivity contribution in [3.05, 3.63) is 54.2 Å². The molecule has 2 aromatic heterocycles. The van der Waals surface area contributed by atoms with E-state index in [1.807, 2.05) is 31.3 Å². The van der Waals surface area contributed by atoms with Crippen LogP contribution in [0.15, 0.2) is 48.7 Å². The number of hydrogen-bond donors (Lipinski definition) is 2. The Labute approximate surface area is 168 Å². The minimum absolute atomic E-state index is 0.440. The molecular weight excluding hydrogens is 368 g/mol. The number of anilines is 2. The summed E-state index contributed by atoms with van der Waals surface area (Å²) < 4.78 is 5.45. The zero-order valence-corrected chi connectivity index (χ0v) is 16.1. The summed E-state index contributed by atoms with van der Waals surface area (Å²) in [5.74, 6) is 0.940. The highest BCUT2D eigenvalue weighted by Gasteiger charge is 2.17. The molecule has 1 aliphatic rings. The average Bonchev–Trinajstić information content (AvgIpc) is 2.79. The molecule has 0 bridgehead atoms. The lowest BCUT2D eigenvalue weighted by atomic mass is 10.1. The maximum absolute atomic E-state index is 11.6. The smallest absolute Gasteiger partial charge is 0.248 e. The van der Waals surface area contributed by atoms with Gasteiger partial charge in [-0.15, -0.1) is 0 Å². The second-order valence-corrected chi connectivity index (χ2v) is 6.67. The summed E-state index contributed by atoms with van der Waals surface area (Å²) in [7, 11) is 1.83. The zero-order chi connectivity index (χ0) is 20.2. The Morgan fingerprint density at radius 1 is 1.07 bits per heavy atom. The summed E-state index contributed by atoms with van der Waals surface area (Å²) in [6.45, 7) is 2.72. The maximum atomic E-state index is 11.6. The summed E-state index contributed by atoms with van der Waals surface area (Å²) in [6.07, 6.45) is 1.78. The molecule has 0 radical (unpaired) electrons. The molecule has 0 atom stereocenters.